The molecule has 0 N–H and O–H groups in total. The van der Waals surface area contributed by atoms with Crippen molar-refractivity contribution in [2.75, 3.05) is 7.11 Å². The zero-order chi connectivity index (χ0) is 23.0. The molecule has 6 rings (SSSR count). The second-order valence-corrected chi connectivity index (χ2v) is 11.0. The predicted molar refractivity (Wildman–Crippen MR) is 134 cm³/mol. The standard InChI is InChI=1S/C29H32N2O2/c1-28(2)20-13-15-29(3,17-20)27(28)30-16-14-22-24(26(30)32)21-11-8-12-23(33-4)25(21)31(22)18-19-9-6-5-7-10-19/h5-12,14,16,20,27H,13,15,17-18H2,1-4H3/t20?,27-,29+/m1/s1. The molecular formula is C29H32N2O2. The van der Waals surface area contributed by atoms with Crippen molar-refractivity contribution in [2.24, 2.45) is 16.7 Å². The van der Waals surface area contributed by atoms with Gasteiger partial charge in [0.15, 0.2) is 0 Å². The normalized spacial score (nSPS) is 25.8. The maximum atomic E-state index is 14.2. The fraction of sp³-hybridized carbons (Fsp3) is 0.414. The summed E-state index contributed by atoms with van der Waals surface area (Å²) in [5.74, 6) is 1.49. The summed E-state index contributed by atoms with van der Waals surface area (Å²) in [5.41, 5.74) is 3.60. The number of benzene rings is 2. The number of methoxy groups -OCH3 is 1. The number of ether oxygens (including phenoxy) is 1. The fourth-order valence-corrected chi connectivity index (χ4v) is 7.41. The summed E-state index contributed by atoms with van der Waals surface area (Å²) in [7, 11) is 1.70. The number of pyridine rings is 1. The first-order valence-corrected chi connectivity index (χ1v) is 12.1. The van der Waals surface area contributed by atoms with Gasteiger partial charge in [0.2, 0.25) is 0 Å². The first-order chi connectivity index (χ1) is 15.8. The van der Waals surface area contributed by atoms with Crippen molar-refractivity contribution in [3.05, 3.63) is 76.7 Å². The molecular weight excluding hydrogens is 408 g/mol. The molecule has 2 heterocycles. The van der Waals surface area contributed by atoms with E-state index < -0.39 is 0 Å². The summed E-state index contributed by atoms with van der Waals surface area (Å²) >= 11 is 0. The van der Waals surface area contributed by atoms with Gasteiger partial charge in [-0.25, -0.2) is 0 Å². The molecule has 0 saturated heterocycles. The Balaban J connectivity index is 1.63. The van der Waals surface area contributed by atoms with Crippen LogP contribution in [0, 0.1) is 16.7 Å². The van der Waals surface area contributed by atoms with Gasteiger partial charge in [-0.3, -0.25) is 4.79 Å². The molecule has 0 spiro atoms. The number of rotatable bonds is 4. The fourth-order valence-electron chi connectivity index (χ4n) is 7.41. The number of aromatic nitrogens is 2. The monoisotopic (exact) mass is 440 g/mol. The second kappa shape index (κ2) is 6.99. The van der Waals surface area contributed by atoms with Gasteiger partial charge in [-0.05, 0) is 53.7 Å². The summed E-state index contributed by atoms with van der Waals surface area (Å²) in [5, 5.41) is 1.79. The highest BCUT2D eigenvalue weighted by atomic mass is 16.5. The average Bonchev–Trinajstić information content (AvgIpc) is 3.41. The van der Waals surface area contributed by atoms with Crippen LogP contribution in [-0.2, 0) is 6.54 Å². The lowest BCUT2D eigenvalue weighted by Gasteiger charge is -2.43. The highest BCUT2D eigenvalue weighted by molar-refractivity contribution is 6.09. The van der Waals surface area contributed by atoms with E-state index in [4.69, 9.17) is 4.74 Å². The topological polar surface area (TPSA) is 36.2 Å². The van der Waals surface area contributed by atoms with Gasteiger partial charge >= 0.3 is 0 Å². The summed E-state index contributed by atoms with van der Waals surface area (Å²) < 4.78 is 10.1. The molecule has 2 saturated carbocycles. The molecule has 4 aromatic rings. The number of hydrogen-bond donors (Lipinski definition) is 0. The summed E-state index contributed by atoms with van der Waals surface area (Å²) in [4.78, 5) is 14.2. The molecule has 3 atom stereocenters. The van der Waals surface area contributed by atoms with E-state index in [9.17, 15) is 4.79 Å². The van der Waals surface area contributed by atoms with Gasteiger partial charge in [-0.2, -0.15) is 0 Å². The molecule has 2 aromatic heterocycles. The molecule has 0 aliphatic heterocycles. The van der Waals surface area contributed by atoms with Crippen LogP contribution in [0.15, 0.2) is 65.6 Å². The van der Waals surface area contributed by atoms with Crippen molar-refractivity contribution in [2.45, 2.75) is 52.6 Å². The highest BCUT2D eigenvalue weighted by Gasteiger charge is 2.60. The van der Waals surface area contributed by atoms with Crippen molar-refractivity contribution in [1.29, 1.82) is 0 Å². The Morgan fingerprint density at radius 1 is 1.03 bits per heavy atom. The minimum Gasteiger partial charge on any atom is -0.495 e. The van der Waals surface area contributed by atoms with Gasteiger partial charge in [0.1, 0.15) is 5.75 Å². The summed E-state index contributed by atoms with van der Waals surface area (Å²) in [6.07, 6.45) is 5.78. The van der Waals surface area contributed by atoms with Crippen molar-refractivity contribution in [3.8, 4) is 5.75 Å². The van der Waals surface area contributed by atoms with Crippen LogP contribution in [0.2, 0.25) is 0 Å². The maximum absolute atomic E-state index is 14.2. The second-order valence-electron chi connectivity index (χ2n) is 11.0. The number of hydrogen-bond acceptors (Lipinski definition) is 2. The molecule has 2 aliphatic rings. The van der Waals surface area contributed by atoms with Gasteiger partial charge in [0.25, 0.3) is 5.56 Å². The van der Waals surface area contributed by atoms with Crippen LogP contribution in [0.4, 0.5) is 0 Å². The molecule has 2 aromatic carbocycles. The summed E-state index contributed by atoms with van der Waals surface area (Å²) in [6.45, 7) is 7.82. The van der Waals surface area contributed by atoms with Gasteiger partial charge in [0, 0.05) is 24.2 Å². The smallest absolute Gasteiger partial charge is 0.260 e. The van der Waals surface area contributed by atoms with Crippen LogP contribution in [0.25, 0.3) is 21.8 Å². The van der Waals surface area contributed by atoms with Gasteiger partial charge in [0.05, 0.1) is 23.5 Å². The Kier molecular flexibility index (Phi) is 4.36. The van der Waals surface area contributed by atoms with Crippen LogP contribution >= 0.6 is 0 Å². The first kappa shape index (κ1) is 20.6. The van der Waals surface area contributed by atoms with Gasteiger partial charge in [-0.15, -0.1) is 0 Å². The minimum absolute atomic E-state index is 0.116. The highest BCUT2D eigenvalue weighted by Crippen LogP contribution is 2.67. The Labute approximate surface area is 194 Å². The zero-order valence-electron chi connectivity index (χ0n) is 20.0. The molecule has 4 heteroatoms. The SMILES string of the molecule is COc1cccc2c3c(=O)n([C@@H]4C(C)(C)C5CC[C@@]4(C)C5)ccc3n(Cc3ccccc3)c12. The van der Waals surface area contributed by atoms with Gasteiger partial charge in [-0.1, -0.05) is 63.2 Å². The van der Waals surface area contributed by atoms with E-state index in [0.29, 0.717) is 12.5 Å². The number of nitrogens with zero attached hydrogens (tertiary/aromatic N) is 2. The lowest BCUT2D eigenvalue weighted by atomic mass is 9.68. The van der Waals surface area contributed by atoms with E-state index in [1.807, 2.05) is 18.2 Å². The minimum atomic E-state index is 0.116. The number of fused-ring (bicyclic) bond motifs is 5. The van der Waals surface area contributed by atoms with E-state index in [0.717, 1.165) is 27.6 Å². The summed E-state index contributed by atoms with van der Waals surface area (Å²) in [6, 6.07) is 18.8. The van der Waals surface area contributed by atoms with Crippen LogP contribution < -0.4 is 10.3 Å². The third-order valence-corrected chi connectivity index (χ3v) is 8.80. The van der Waals surface area contributed by atoms with Crippen LogP contribution in [0.3, 0.4) is 0 Å². The lowest BCUT2D eigenvalue weighted by molar-refractivity contribution is 0.0811. The van der Waals surface area contributed by atoms with Crippen molar-refractivity contribution >= 4 is 21.8 Å². The average molecular weight is 441 g/mol. The van der Waals surface area contributed by atoms with E-state index in [2.05, 4.69) is 72.5 Å². The molecule has 2 aliphatic carbocycles. The Morgan fingerprint density at radius 3 is 2.52 bits per heavy atom. The van der Waals surface area contributed by atoms with E-state index in [1.54, 1.807) is 7.11 Å². The van der Waals surface area contributed by atoms with Crippen LogP contribution in [0.1, 0.15) is 51.6 Å². The first-order valence-electron chi connectivity index (χ1n) is 12.1. The Hall–Kier alpha value is -3.01. The lowest BCUT2D eigenvalue weighted by Crippen LogP contribution is -2.41. The van der Waals surface area contributed by atoms with Crippen molar-refractivity contribution in [1.82, 2.24) is 9.13 Å². The molecule has 2 bridgehead atoms. The molecule has 0 amide bonds. The molecule has 4 nitrogen and oxygen atoms in total. The van der Waals surface area contributed by atoms with Crippen LogP contribution in [-0.4, -0.2) is 16.2 Å². The van der Waals surface area contributed by atoms with Gasteiger partial charge < -0.3 is 13.9 Å². The molecule has 1 unspecified atom stereocenters. The molecule has 33 heavy (non-hydrogen) atoms. The molecule has 0 radical (unpaired) electrons. The van der Waals surface area contributed by atoms with Crippen molar-refractivity contribution < 1.29 is 4.74 Å². The zero-order valence-corrected chi connectivity index (χ0v) is 20.0. The molecule has 2 fully saturated rings. The Morgan fingerprint density at radius 2 is 1.82 bits per heavy atom. The predicted octanol–water partition coefficient (Wildman–Crippen LogP) is 6.40. The van der Waals surface area contributed by atoms with E-state index >= 15 is 0 Å². The third kappa shape index (κ3) is 2.79. The third-order valence-electron chi connectivity index (χ3n) is 8.80. The van der Waals surface area contributed by atoms with E-state index in [1.165, 1.54) is 24.8 Å². The largest absolute Gasteiger partial charge is 0.495 e. The van der Waals surface area contributed by atoms with E-state index in [-0.39, 0.29) is 22.4 Å². The van der Waals surface area contributed by atoms with Crippen molar-refractivity contribution in [3.63, 3.8) is 0 Å². The maximum Gasteiger partial charge on any atom is 0.260 e. The quantitative estimate of drug-likeness (QED) is 0.368. The number of para-hydroxylation sites is 1. The van der Waals surface area contributed by atoms with Crippen LogP contribution in [0.5, 0.6) is 5.75 Å². The molecule has 170 valence electrons. The Bertz CT molecular complexity index is 1420.